The minimum absolute atomic E-state index is 0.304. The first kappa shape index (κ1) is 8.81. The number of piperidine rings is 1. The number of urea groups is 1. The van der Waals surface area contributed by atoms with Crippen LogP contribution in [-0.4, -0.2) is 36.1 Å². The van der Waals surface area contributed by atoms with E-state index >= 15 is 0 Å². The first-order valence-electron chi connectivity index (χ1n) is 5.07. The van der Waals surface area contributed by atoms with E-state index in [0.717, 1.165) is 13.0 Å². The molecule has 2 heterocycles. The highest BCUT2D eigenvalue weighted by molar-refractivity contribution is 5.72. The first-order valence-corrected chi connectivity index (χ1v) is 5.07. The van der Waals surface area contributed by atoms with E-state index in [1.165, 1.54) is 25.8 Å². The zero-order chi connectivity index (χ0) is 9.26. The van der Waals surface area contributed by atoms with Crippen LogP contribution in [0.5, 0.6) is 0 Å². The van der Waals surface area contributed by atoms with Crippen LogP contribution in [0.2, 0.25) is 0 Å². The number of nitrogens with one attached hydrogen (secondary N) is 1. The first-order chi connectivity index (χ1) is 6.27. The Bertz CT molecular complexity index is 207. The van der Waals surface area contributed by atoms with E-state index in [9.17, 15) is 4.79 Å². The molecule has 2 rings (SSSR count). The Kier molecular flexibility index (Phi) is 2.40. The predicted octanol–water partition coefficient (Wildman–Crippen LogP) is 0.281. The maximum Gasteiger partial charge on any atom is 0.312 e. The van der Waals surface area contributed by atoms with Crippen molar-refractivity contribution >= 4 is 6.03 Å². The molecular weight excluding hydrogens is 166 g/mol. The molecule has 2 atom stereocenters. The van der Waals surface area contributed by atoms with Crippen molar-refractivity contribution in [1.82, 2.24) is 10.2 Å². The van der Waals surface area contributed by atoms with Gasteiger partial charge in [0.1, 0.15) is 0 Å². The van der Waals surface area contributed by atoms with Crippen LogP contribution in [0.3, 0.4) is 0 Å². The van der Waals surface area contributed by atoms with Gasteiger partial charge in [-0.15, -0.1) is 0 Å². The zero-order valence-electron chi connectivity index (χ0n) is 7.83. The summed E-state index contributed by atoms with van der Waals surface area (Å²) in [6.45, 7) is 2.32. The molecule has 4 nitrogen and oxygen atoms in total. The number of nitrogens with zero attached hydrogens (tertiary/aromatic N) is 1. The van der Waals surface area contributed by atoms with Gasteiger partial charge in [-0.3, -0.25) is 4.90 Å². The monoisotopic (exact) mass is 183 g/mol. The summed E-state index contributed by atoms with van der Waals surface area (Å²) in [5.74, 6) is 0. The summed E-state index contributed by atoms with van der Waals surface area (Å²) in [7, 11) is 0. The van der Waals surface area contributed by atoms with Crippen molar-refractivity contribution in [3.8, 4) is 0 Å². The SMILES string of the molecule is NC(=O)NC1CCN2CCCCC12. The topological polar surface area (TPSA) is 58.4 Å². The quantitative estimate of drug-likeness (QED) is 0.613. The molecule has 3 N–H and O–H groups in total. The van der Waals surface area contributed by atoms with Crippen LogP contribution in [0.25, 0.3) is 0 Å². The molecular formula is C9H17N3O. The number of hydrogen-bond acceptors (Lipinski definition) is 2. The van der Waals surface area contributed by atoms with E-state index in [-0.39, 0.29) is 6.03 Å². The van der Waals surface area contributed by atoms with Gasteiger partial charge < -0.3 is 11.1 Å². The fraction of sp³-hybridized carbons (Fsp3) is 0.889. The van der Waals surface area contributed by atoms with E-state index in [1.807, 2.05) is 0 Å². The van der Waals surface area contributed by atoms with Crippen LogP contribution < -0.4 is 11.1 Å². The number of carbonyl (C=O) groups excluding carboxylic acids is 1. The molecule has 74 valence electrons. The fourth-order valence-corrected chi connectivity index (χ4v) is 2.60. The standard InChI is InChI=1S/C9H17N3O/c10-9(13)11-7-4-6-12-5-2-1-3-8(7)12/h7-8H,1-6H2,(H3,10,11,13). The molecule has 0 spiro atoms. The van der Waals surface area contributed by atoms with Crippen LogP contribution in [0.4, 0.5) is 4.79 Å². The summed E-state index contributed by atoms with van der Waals surface area (Å²) in [6, 6.07) is 0.483. The maximum absolute atomic E-state index is 10.7. The van der Waals surface area contributed by atoms with Gasteiger partial charge >= 0.3 is 6.03 Å². The molecule has 13 heavy (non-hydrogen) atoms. The molecule has 2 saturated heterocycles. The van der Waals surface area contributed by atoms with Crippen molar-refractivity contribution in [3.63, 3.8) is 0 Å². The molecule has 2 fully saturated rings. The number of nitrogens with two attached hydrogens (primary N) is 1. The normalized spacial score (nSPS) is 34.2. The molecule has 2 aliphatic heterocycles. The van der Waals surface area contributed by atoms with Gasteiger partial charge in [0, 0.05) is 18.6 Å². The molecule has 2 aliphatic rings. The van der Waals surface area contributed by atoms with E-state index < -0.39 is 0 Å². The Morgan fingerprint density at radius 2 is 2.15 bits per heavy atom. The fourth-order valence-electron chi connectivity index (χ4n) is 2.60. The minimum atomic E-state index is -0.377. The summed E-state index contributed by atoms with van der Waals surface area (Å²) in [4.78, 5) is 13.2. The smallest absolute Gasteiger partial charge is 0.312 e. The Balaban J connectivity index is 1.94. The van der Waals surface area contributed by atoms with Gasteiger partial charge in [-0.05, 0) is 25.8 Å². The molecule has 0 aliphatic carbocycles. The highest BCUT2D eigenvalue weighted by Crippen LogP contribution is 2.26. The van der Waals surface area contributed by atoms with Crippen LogP contribution in [0, 0.1) is 0 Å². The molecule has 0 aromatic rings. The zero-order valence-corrected chi connectivity index (χ0v) is 7.83. The van der Waals surface area contributed by atoms with Crippen LogP contribution in [-0.2, 0) is 0 Å². The molecule has 0 aromatic heterocycles. The predicted molar refractivity (Wildman–Crippen MR) is 50.3 cm³/mol. The summed E-state index contributed by atoms with van der Waals surface area (Å²) in [5, 5.41) is 2.84. The molecule has 0 radical (unpaired) electrons. The highest BCUT2D eigenvalue weighted by atomic mass is 16.2. The summed E-state index contributed by atoms with van der Waals surface area (Å²) >= 11 is 0. The van der Waals surface area contributed by atoms with E-state index in [2.05, 4.69) is 10.2 Å². The average molecular weight is 183 g/mol. The largest absolute Gasteiger partial charge is 0.352 e. The van der Waals surface area contributed by atoms with Gasteiger partial charge in [0.05, 0.1) is 0 Å². The summed E-state index contributed by atoms with van der Waals surface area (Å²) in [5.41, 5.74) is 5.13. The number of fused-ring (bicyclic) bond motifs is 1. The van der Waals surface area contributed by atoms with Gasteiger partial charge in [-0.2, -0.15) is 0 Å². The van der Waals surface area contributed by atoms with E-state index in [1.54, 1.807) is 0 Å². The molecule has 2 amide bonds. The Morgan fingerprint density at radius 1 is 1.31 bits per heavy atom. The van der Waals surface area contributed by atoms with Gasteiger partial charge in [0.15, 0.2) is 0 Å². The molecule has 4 heteroatoms. The second-order valence-corrected chi connectivity index (χ2v) is 4.00. The minimum Gasteiger partial charge on any atom is -0.352 e. The lowest BCUT2D eigenvalue weighted by Crippen LogP contribution is -2.48. The lowest BCUT2D eigenvalue weighted by atomic mass is 9.99. The van der Waals surface area contributed by atoms with Crippen molar-refractivity contribution in [3.05, 3.63) is 0 Å². The van der Waals surface area contributed by atoms with E-state index in [0.29, 0.717) is 12.1 Å². The van der Waals surface area contributed by atoms with Crippen molar-refractivity contribution < 1.29 is 4.79 Å². The highest BCUT2D eigenvalue weighted by Gasteiger charge is 2.35. The number of amides is 2. The summed E-state index contributed by atoms with van der Waals surface area (Å²) < 4.78 is 0. The number of hydrogen-bond donors (Lipinski definition) is 2. The van der Waals surface area contributed by atoms with Gasteiger partial charge in [0.25, 0.3) is 0 Å². The van der Waals surface area contributed by atoms with Gasteiger partial charge in [-0.25, -0.2) is 4.79 Å². The van der Waals surface area contributed by atoms with Crippen molar-refractivity contribution in [1.29, 1.82) is 0 Å². The molecule has 0 bridgehead atoms. The molecule has 2 unspecified atom stereocenters. The molecule has 0 aromatic carbocycles. The van der Waals surface area contributed by atoms with E-state index in [4.69, 9.17) is 5.73 Å². The number of primary amides is 1. The second kappa shape index (κ2) is 3.54. The van der Waals surface area contributed by atoms with Crippen LogP contribution in [0.15, 0.2) is 0 Å². The third-order valence-corrected chi connectivity index (χ3v) is 3.18. The van der Waals surface area contributed by atoms with Crippen LogP contribution >= 0.6 is 0 Å². The Hall–Kier alpha value is -0.770. The number of rotatable bonds is 1. The third-order valence-electron chi connectivity index (χ3n) is 3.18. The van der Waals surface area contributed by atoms with Crippen LogP contribution in [0.1, 0.15) is 25.7 Å². The molecule has 0 saturated carbocycles. The number of carbonyl (C=O) groups is 1. The van der Waals surface area contributed by atoms with Gasteiger partial charge in [-0.1, -0.05) is 6.42 Å². The summed E-state index contributed by atoms with van der Waals surface area (Å²) in [6.07, 6.45) is 4.87. The lowest BCUT2D eigenvalue weighted by molar-refractivity contribution is 0.180. The maximum atomic E-state index is 10.7. The van der Waals surface area contributed by atoms with Crippen molar-refractivity contribution in [2.75, 3.05) is 13.1 Å². The third kappa shape index (κ3) is 1.77. The Morgan fingerprint density at radius 3 is 2.92 bits per heavy atom. The van der Waals surface area contributed by atoms with Crippen molar-refractivity contribution in [2.24, 2.45) is 5.73 Å². The van der Waals surface area contributed by atoms with Crippen molar-refractivity contribution in [2.45, 2.75) is 37.8 Å². The van der Waals surface area contributed by atoms with Gasteiger partial charge in [0.2, 0.25) is 0 Å². The Labute approximate surface area is 78.5 Å². The second-order valence-electron chi connectivity index (χ2n) is 4.00. The average Bonchev–Trinajstić information content (AvgIpc) is 2.48. The lowest BCUT2D eigenvalue weighted by Gasteiger charge is -2.32.